The summed E-state index contributed by atoms with van der Waals surface area (Å²) in [6, 6.07) is 13.6. The third-order valence-electron chi connectivity index (χ3n) is 4.37. The van der Waals surface area contributed by atoms with Gasteiger partial charge in [-0.3, -0.25) is 9.59 Å². The summed E-state index contributed by atoms with van der Waals surface area (Å²) in [5.74, 6) is -0.404. The number of carbonyl (C=O) groups is 2. The number of ketones is 1. The molecule has 26 heavy (non-hydrogen) atoms. The van der Waals surface area contributed by atoms with Crippen molar-refractivity contribution in [3.8, 4) is 0 Å². The number of para-hydroxylation sites is 1. The van der Waals surface area contributed by atoms with Gasteiger partial charge in [-0.05, 0) is 48.6 Å². The number of aromatic nitrogens is 1. The topological polar surface area (TPSA) is 56.3 Å². The van der Waals surface area contributed by atoms with Crippen LogP contribution < -0.4 is 0 Å². The van der Waals surface area contributed by atoms with Crippen LogP contribution in [0.1, 0.15) is 27.9 Å². The van der Waals surface area contributed by atoms with Crippen LogP contribution in [-0.2, 0) is 22.4 Å². The van der Waals surface area contributed by atoms with Crippen LogP contribution >= 0.6 is 23.1 Å². The lowest BCUT2D eigenvalue weighted by Gasteiger charge is -2.06. The van der Waals surface area contributed by atoms with Gasteiger partial charge in [-0.25, -0.2) is 4.98 Å². The molecule has 1 heterocycles. The van der Waals surface area contributed by atoms with Gasteiger partial charge in [0.05, 0.1) is 16.0 Å². The highest BCUT2D eigenvalue weighted by atomic mass is 32.2. The number of esters is 1. The van der Waals surface area contributed by atoms with Gasteiger partial charge in [-0.2, -0.15) is 0 Å². The Hall–Kier alpha value is -2.18. The van der Waals surface area contributed by atoms with Crippen molar-refractivity contribution in [1.82, 2.24) is 4.98 Å². The van der Waals surface area contributed by atoms with E-state index in [2.05, 4.69) is 4.98 Å². The molecule has 4 rings (SSSR count). The summed E-state index contributed by atoms with van der Waals surface area (Å²) in [5.41, 5.74) is 4.12. The molecule has 0 atom stereocenters. The van der Waals surface area contributed by atoms with Gasteiger partial charge in [0.25, 0.3) is 0 Å². The van der Waals surface area contributed by atoms with Crippen molar-refractivity contribution in [2.45, 2.75) is 23.6 Å². The Morgan fingerprint density at radius 1 is 1.12 bits per heavy atom. The summed E-state index contributed by atoms with van der Waals surface area (Å²) in [6.07, 6.45) is 3.25. The summed E-state index contributed by atoms with van der Waals surface area (Å²) in [6.45, 7) is -0.210. The van der Waals surface area contributed by atoms with Gasteiger partial charge in [0.15, 0.2) is 16.7 Å². The molecule has 0 amide bonds. The molecule has 0 saturated heterocycles. The fraction of sp³-hybridized carbons (Fsp3) is 0.250. The smallest absolute Gasteiger partial charge is 0.316 e. The first kappa shape index (κ1) is 17.2. The Morgan fingerprint density at radius 2 is 1.96 bits per heavy atom. The minimum Gasteiger partial charge on any atom is -0.457 e. The molecule has 0 spiro atoms. The molecule has 0 N–H and O–H groups in total. The number of benzene rings is 2. The summed E-state index contributed by atoms with van der Waals surface area (Å²) in [7, 11) is 0. The molecule has 0 radical (unpaired) electrons. The van der Waals surface area contributed by atoms with Crippen LogP contribution in [-0.4, -0.2) is 29.1 Å². The zero-order valence-corrected chi connectivity index (χ0v) is 15.7. The number of rotatable bonds is 6. The van der Waals surface area contributed by atoms with E-state index in [1.54, 1.807) is 11.3 Å². The van der Waals surface area contributed by atoms with E-state index in [-0.39, 0.29) is 18.1 Å². The SMILES string of the molecule is O=C(CSc1nc2ccccc2s1)OCC(=O)c1ccc2c(c1)CCC2. The van der Waals surface area contributed by atoms with E-state index in [9.17, 15) is 9.59 Å². The van der Waals surface area contributed by atoms with Gasteiger partial charge in [0.2, 0.25) is 0 Å². The Kier molecular flexibility index (Phi) is 5.04. The van der Waals surface area contributed by atoms with Gasteiger partial charge in [0, 0.05) is 5.56 Å². The molecule has 0 fully saturated rings. The third-order valence-corrected chi connectivity index (χ3v) is 6.53. The van der Waals surface area contributed by atoms with Crippen LogP contribution in [0.25, 0.3) is 10.2 Å². The van der Waals surface area contributed by atoms with Crippen molar-refractivity contribution in [3.05, 3.63) is 59.2 Å². The van der Waals surface area contributed by atoms with E-state index in [1.807, 2.05) is 42.5 Å². The zero-order chi connectivity index (χ0) is 17.9. The van der Waals surface area contributed by atoms with Crippen molar-refractivity contribution in [1.29, 1.82) is 0 Å². The van der Waals surface area contributed by atoms with Gasteiger partial charge >= 0.3 is 5.97 Å². The average molecular weight is 383 g/mol. The zero-order valence-electron chi connectivity index (χ0n) is 14.1. The maximum Gasteiger partial charge on any atom is 0.316 e. The lowest BCUT2D eigenvalue weighted by Crippen LogP contribution is -2.15. The number of carbonyl (C=O) groups excluding carboxylic acids is 2. The largest absolute Gasteiger partial charge is 0.457 e. The van der Waals surface area contributed by atoms with E-state index in [4.69, 9.17) is 4.74 Å². The molecule has 0 bridgehead atoms. The number of hydrogen-bond acceptors (Lipinski definition) is 6. The van der Waals surface area contributed by atoms with E-state index in [0.29, 0.717) is 5.56 Å². The molecule has 0 unspecified atom stereocenters. The van der Waals surface area contributed by atoms with Crippen molar-refractivity contribution in [3.63, 3.8) is 0 Å². The molecule has 1 aliphatic rings. The van der Waals surface area contributed by atoms with Crippen LogP contribution in [0.4, 0.5) is 0 Å². The highest BCUT2D eigenvalue weighted by Crippen LogP contribution is 2.29. The van der Waals surface area contributed by atoms with Crippen LogP contribution in [0.5, 0.6) is 0 Å². The molecule has 0 saturated carbocycles. The maximum absolute atomic E-state index is 12.2. The molecule has 0 aliphatic heterocycles. The predicted molar refractivity (Wildman–Crippen MR) is 104 cm³/mol. The van der Waals surface area contributed by atoms with Crippen molar-refractivity contribution < 1.29 is 14.3 Å². The van der Waals surface area contributed by atoms with E-state index < -0.39 is 5.97 Å². The van der Waals surface area contributed by atoms with E-state index in [0.717, 1.165) is 33.8 Å². The predicted octanol–water partition coefficient (Wildman–Crippen LogP) is 4.30. The number of nitrogens with zero attached hydrogens (tertiary/aromatic N) is 1. The molecule has 6 heteroatoms. The first-order chi connectivity index (χ1) is 12.7. The minimum atomic E-state index is -0.399. The lowest BCUT2D eigenvalue weighted by molar-refractivity contribution is -0.139. The van der Waals surface area contributed by atoms with Crippen molar-refractivity contribution >= 4 is 45.1 Å². The first-order valence-corrected chi connectivity index (χ1v) is 10.3. The summed E-state index contributed by atoms with van der Waals surface area (Å²) in [5, 5.41) is 0. The second-order valence-corrected chi connectivity index (χ2v) is 8.41. The molecule has 2 aromatic carbocycles. The second-order valence-electron chi connectivity index (χ2n) is 6.16. The fourth-order valence-electron chi connectivity index (χ4n) is 3.05. The lowest BCUT2D eigenvalue weighted by atomic mass is 10.0. The summed E-state index contributed by atoms with van der Waals surface area (Å²) in [4.78, 5) is 28.6. The van der Waals surface area contributed by atoms with Gasteiger partial charge in [0.1, 0.15) is 0 Å². The molecule has 1 aliphatic carbocycles. The Bertz CT molecular complexity index is 947. The number of ether oxygens (including phenoxy) is 1. The minimum absolute atomic E-state index is 0.150. The third kappa shape index (κ3) is 3.81. The number of Topliss-reactive ketones (excluding diaryl/α,β-unsaturated/α-hetero) is 1. The van der Waals surface area contributed by atoms with Crippen molar-refractivity contribution in [2.24, 2.45) is 0 Å². The number of fused-ring (bicyclic) bond motifs is 2. The number of aryl methyl sites for hydroxylation is 2. The molecular weight excluding hydrogens is 366 g/mol. The van der Waals surface area contributed by atoms with Gasteiger partial charge < -0.3 is 4.74 Å². The number of thioether (sulfide) groups is 1. The Morgan fingerprint density at radius 3 is 2.85 bits per heavy atom. The molecule has 132 valence electrons. The number of hydrogen-bond donors (Lipinski definition) is 0. The van der Waals surface area contributed by atoms with Gasteiger partial charge in [-0.15, -0.1) is 11.3 Å². The molecular formula is C20H17NO3S2. The number of thiazole rings is 1. The normalized spacial score (nSPS) is 12.9. The van der Waals surface area contributed by atoms with E-state index in [1.165, 1.54) is 22.9 Å². The average Bonchev–Trinajstić information content (AvgIpc) is 3.29. The van der Waals surface area contributed by atoms with Crippen LogP contribution in [0, 0.1) is 0 Å². The van der Waals surface area contributed by atoms with Gasteiger partial charge in [-0.1, -0.05) is 36.0 Å². The standard InChI is InChI=1S/C20H17NO3S2/c22-17(15-9-8-13-4-3-5-14(13)10-15)11-24-19(23)12-25-20-21-16-6-1-2-7-18(16)26-20/h1-2,6-10H,3-5,11-12H2. The fourth-order valence-corrected chi connectivity index (χ4v) is 4.92. The molecule has 3 aromatic rings. The first-order valence-electron chi connectivity index (χ1n) is 8.48. The molecule has 1 aromatic heterocycles. The monoisotopic (exact) mass is 383 g/mol. The summed E-state index contributed by atoms with van der Waals surface area (Å²) >= 11 is 2.89. The van der Waals surface area contributed by atoms with Crippen LogP contribution in [0.3, 0.4) is 0 Å². The van der Waals surface area contributed by atoms with Crippen molar-refractivity contribution in [2.75, 3.05) is 12.4 Å². The highest BCUT2D eigenvalue weighted by molar-refractivity contribution is 8.01. The van der Waals surface area contributed by atoms with Crippen LogP contribution in [0.15, 0.2) is 46.8 Å². The highest BCUT2D eigenvalue weighted by Gasteiger charge is 2.16. The Balaban J connectivity index is 1.29. The van der Waals surface area contributed by atoms with E-state index >= 15 is 0 Å². The van der Waals surface area contributed by atoms with Crippen LogP contribution in [0.2, 0.25) is 0 Å². The second kappa shape index (κ2) is 7.60. The Labute approximate surface area is 159 Å². The molecule has 4 nitrogen and oxygen atoms in total. The quantitative estimate of drug-likeness (QED) is 0.361. The summed E-state index contributed by atoms with van der Waals surface area (Å²) < 4.78 is 7.06. The maximum atomic E-state index is 12.2.